The van der Waals surface area contributed by atoms with Crippen LogP contribution in [0.15, 0.2) is 48.6 Å². The van der Waals surface area contributed by atoms with Crippen molar-refractivity contribution < 1.29 is 18.8 Å². The number of anilines is 1. The van der Waals surface area contributed by atoms with Gasteiger partial charge in [-0.1, -0.05) is 36.7 Å². The quantitative estimate of drug-likeness (QED) is 0.308. The molecule has 0 saturated heterocycles. The molecule has 8 heteroatoms. The zero-order chi connectivity index (χ0) is 28.9. The molecule has 2 aromatic rings. The number of halogens is 1. The highest BCUT2D eigenvalue weighted by Crippen LogP contribution is 2.46. The molecule has 4 aliphatic rings. The standard InChI is InChI=1S/C33H41ClN2O4S/c1-21-6-4-8-30(37)27-12-9-25(27)18-36-19-33(15-5-7-23-16-26(34)11-13-28(23)33)20-40-31-14-10-24(17-29(31)36)32(38)35-41(3,39)22(21)2/h4,8,10-11,13-14,16-17,21-22,25,27,30,37H,3,5-7,9,12,15,18-20H2,1-2H3,(H,35,38,39)/b8-4+/t21-,22-,25-,27+,30-,33-,41?/m0/s1. The van der Waals surface area contributed by atoms with E-state index < -0.39 is 15.8 Å². The van der Waals surface area contributed by atoms with Gasteiger partial charge in [0, 0.05) is 34.3 Å². The topological polar surface area (TPSA) is 78.9 Å². The predicted octanol–water partition coefficient (Wildman–Crippen LogP) is 5.55. The minimum Gasteiger partial charge on any atom is -0.490 e. The zero-order valence-electron chi connectivity index (χ0n) is 24.0. The van der Waals surface area contributed by atoms with Gasteiger partial charge >= 0.3 is 0 Å². The second kappa shape index (κ2) is 11.0. The van der Waals surface area contributed by atoms with Crippen LogP contribution in [0.1, 0.15) is 67.4 Å². The first-order valence-corrected chi connectivity index (χ1v) is 17.1. The third-order valence-corrected chi connectivity index (χ3v) is 12.6. The van der Waals surface area contributed by atoms with Crippen LogP contribution in [0.3, 0.4) is 0 Å². The van der Waals surface area contributed by atoms with Crippen molar-refractivity contribution in [2.75, 3.05) is 24.6 Å². The first-order valence-electron chi connectivity index (χ1n) is 14.9. The third kappa shape index (κ3) is 5.41. The van der Waals surface area contributed by atoms with E-state index in [9.17, 15) is 14.1 Å². The number of nitrogens with zero attached hydrogens (tertiary/aromatic N) is 1. The Kier molecular flexibility index (Phi) is 7.66. The first-order chi connectivity index (χ1) is 19.6. The number of allylic oxidation sites excluding steroid dienone is 1. The summed E-state index contributed by atoms with van der Waals surface area (Å²) in [5.74, 6) is 4.82. The Labute approximate surface area is 249 Å². The van der Waals surface area contributed by atoms with E-state index in [0.29, 0.717) is 24.5 Å². The smallest absolute Gasteiger partial charge is 0.262 e. The normalized spacial score (nSPS) is 36.1. The number of aliphatic hydroxyl groups excluding tert-OH is 1. The van der Waals surface area contributed by atoms with E-state index in [1.807, 2.05) is 44.2 Å². The van der Waals surface area contributed by atoms with Gasteiger partial charge in [0.1, 0.15) is 5.75 Å². The van der Waals surface area contributed by atoms with E-state index in [4.69, 9.17) is 16.3 Å². The van der Waals surface area contributed by atoms with E-state index in [0.717, 1.165) is 61.7 Å². The molecule has 6 nitrogen and oxygen atoms in total. The summed E-state index contributed by atoms with van der Waals surface area (Å²) in [6.45, 7) is 5.93. The Morgan fingerprint density at radius 2 is 2.02 bits per heavy atom. The van der Waals surface area contributed by atoms with Crippen molar-refractivity contribution >= 4 is 38.8 Å². The van der Waals surface area contributed by atoms with Crippen LogP contribution < -0.4 is 14.4 Å². The summed E-state index contributed by atoms with van der Waals surface area (Å²) in [4.78, 5) is 15.8. The molecule has 1 saturated carbocycles. The molecule has 1 amide bonds. The van der Waals surface area contributed by atoms with Gasteiger partial charge in [-0.3, -0.25) is 9.52 Å². The molecule has 7 atom stereocenters. The molecule has 220 valence electrons. The minimum absolute atomic E-state index is 0.0224. The van der Waals surface area contributed by atoms with Crippen LogP contribution in [0.4, 0.5) is 5.69 Å². The van der Waals surface area contributed by atoms with Crippen LogP contribution >= 0.6 is 11.6 Å². The van der Waals surface area contributed by atoms with Gasteiger partial charge in [0.25, 0.3) is 5.91 Å². The molecule has 2 heterocycles. The van der Waals surface area contributed by atoms with Crippen LogP contribution in [-0.4, -0.2) is 52.1 Å². The Morgan fingerprint density at radius 1 is 1.20 bits per heavy atom. The Balaban J connectivity index is 1.42. The van der Waals surface area contributed by atoms with Crippen molar-refractivity contribution in [2.24, 2.45) is 17.8 Å². The largest absolute Gasteiger partial charge is 0.490 e. The van der Waals surface area contributed by atoms with Gasteiger partial charge in [0.15, 0.2) is 0 Å². The van der Waals surface area contributed by atoms with Crippen molar-refractivity contribution in [3.63, 3.8) is 0 Å². The van der Waals surface area contributed by atoms with Crippen molar-refractivity contribution in [1.82, 2.24) is 4.72 Å². The number of amides is 1. The number of rotatable bonds is 0. The molecular weight excluding hydrogens is 556 g/mol. The Morgan fingerprint density at radius 3 is 2.80 bits per heavy atom. The maximum Gasteiger partial charge on any atom is 0.262 e. The van der Waals surface area contributed by atoms with Gasteiger partial charge in [-0.25, -0.2) is 4.21 Å². The average molecular weight is 597 g/mol. The summed E-state index contributed by atoms with van der Waals surface area (Å²) >= 11 is 6.40. The highest BCUT2D eigenvalue weighted by atomic mass is 35.5. The van der Waals surface area contributed by atoms with E-state index in [2.05, 4.69) is 27.6 Å². The number of nitrogens with one attached hydrogen (secondary N) is 1. The molecule has 1 spiro atoms. The van der Waals surface area contributed by atoms with E-state index in [1.54, 1.807) is 6.07 Å². The zero-order valence-corrected chi connectivity index (χ0v) is 25.6. The fraction of sp³-hybridized carbons (Fsp3) is 0.515. The maximum atomic E-state index is 13.6. The summed E-state index contributed by atoms with van der Waals surface area (Å²) < 4.78 is 22.9. The van der Waals surface area contributed by atoms with Crippen molar-refractivity contribution in [3.8, 4) is 5.75 Å². The molecule has 41 heavy (non-hydrogen) atoms. The molecule has 2 aromatic carbocycles. The Hall–Kier alpha value is -2.48. The monoisotopic (exact) mass is 596 g/mol. The summed E-state index contributed by atoms with van der Waals surface area (Å²) in [7, 11) is -2.91. The maximum absolute atomic E-state index is 13.6. The van der Waals surface area contributed by atoms with E-state index in [-0.39, 0.29) is 28.4 Å². The van der Waals surface area contributed by atoms with Crippen molar-refractivity contribution in [2.45, 2.75) is 69.1 Å². The molecule has 2 aliphatic carbocycles. The van der Waals surface area contributed by atoms with Crippen LogP contribution in [0.25, 0.3) is 0 Å². The number of aryl methyl sites for hydroxylation is 1. The second-order valence-electron chi connectivity index (χ2n) is 12.8. The number of hydrogen-bond donors (Lipinski definition) is 2. The molecule has 1 unspecified atom stereocenters. The number of fused-ring (bicyclic) bond motifs is 4. The SMILES string of the molecule is C=S1(=O)NC(=O)c2ccc3c(c2)N(C[C@@H]2CC[C@H]2[C@@H](O)/C=C/C[C@H](C)[C@@H]1C)C[C@@]1(CCCc2cc(Cl)ccc21)CO3. The molecule has 0 radical (unpaired) electrons. The number of carbonyl (C=O) groups is 1. The summed E-state index contributed by atoms with van der Waals surface area (Å²) in [5, 5.41) is 11.6. The highest BCUT2D eigenvalue weighted by molar-refractivity contribution is 7.99. The lowest BCUT2D eigenvalue weighted by Gasteiger charge is -2.45. The van der Waals surface area contributed by atoms with Crippen LogP contribution in [-0.2, 0) is 21.5 Å². The minimum atomic E-state index is -2.91. The van der Waals surface area contributed by atoms with Crippen LogP contribution in [0, 0.1) is 17.8 Å². The van der Waals surface area contributed by atoms with Gasteiger partial charge in [0.2, 0.25) is 0 Å². The van der Waals surface area contributed by atoms with Crippen molar-refractivity contribution in [3.05, 3.63) is 70.3 Å². The van der Waals surface area contributed by atoms with Gasteiger partial charge in [-0.15, -0.1) is 0 Å². The van der Waals surface area contributed by atoms with E-state index in [1.165, 1.54) is 11.1 Å². The van der Waals surface area contributed by atoms with Gasteiger partial charge in [0.05, 0.1) is 28.1 Å². The van der Waals surface area contributed by atoms with Gasteiger partial charge in [-0.05, 0) is 111 Å². The molecular formula is C33H41ClN2O4S. The fourth-order valence-corrected chi connectivity index (χ4v) is 8.93. The average Bonchev–Trinajstić information content (AvgIpc) is 3.06. The molecule has 2 N–H and O–H groups in total. The number of ether oxygens (including phenoxy) is 1. The summed E-state index contributed by atoms with van der Waals surface area (Å²) in [6, 6.07) is 11.7. The lowest BCUT2D eigenvalue weighted by molar-refractivity contribution is 0.0456. The predicted molar refractivity (Wildman–Crippen MR) is 168 cm³/mol. The summed E-state index contributed by atoms with van der Waals surface area (Å²) in [5.41, 5.74) is 3.67. The van der Waals surface area contributed by atoms with Gasteiger partial charge in [-0.2, -0.15) is 0 Å². The number of aliphatic hydroxyl groups is 1. The summed E-state index contributed by atoms with van der Waals surface area (Å²) in [6.07, 6.45) is 9.15. The highest BCUT2D eigenvalue weighted by Gasteiger charge is 2.44. The third-order valence-electron chi connectivity index (χ3n) is 10.2. The molecule has 0 aromatic heterocycles. The number of hydrogen-bond acceptors (Lipinski definition) is 5. The molecule has 2 bridgehead atoms. The number of benzene rings is 2. The lowest BCUT2D eigenvalue weighted by atomic mass is 9.68. The van der Waals surface area contributed by atoms with Gasteiger partial charge < -0.3 is 14.7 Å². The van der Waals surface area contributed by atoms with E-state index >= 15 is 0 Å². The molecule has 1 fully saturated rings. The molecule has 2 aliphatic heterocycles. The lowest BCUT2D eigenvalue weighted by Crippen LogP contribution is -2.49. The van der Waals surface area contributed by atoms with Crippen LogP contribution in [0.2, 0.25) is 5.02 Å². The number of carbonyl (C=O) groups excluding carboxylic acids is 1. The fourth-order valence-electron chi connectivity index (χ4n) is 7.26. The van der Waals surface area contributed by atoms with Crippen LogP contribution in [0.5, 0.6) is 5.75 Å². The molecule has 6 rings (SSSR count). The first kappa shape index (κ1) is 28.6. The Bertz CT molecular complexity index is 1470. The van der Waals surface area contributed by atoms with Crippen molar-refractivity contribution in [1.29, 1.82) is 0 Å². The second-order valence-corrected chi connectivity index (χ2v) is 15.6.